The number of hydrogen-bond donors (Lipinski definition) is 3. The Hall–Kier alpha value is -4.99. The Labute approximate surface area is 457 Å². The number of piperidine rings is 2. The number of hydrogen-bond acceptors (Lipinski definition) is 10. The molecule has 6 aliphatic rings. The van der Waals surface area contributed by atoms with Crippen molar-refractivity contribution in [2.45, 2.75) is 166 Å². The van der Waals surface area contributed by atoms with Crippen molar-refractivity contribution in [1.29, 1.82) is 0 Å². The van der Waals surface area contributed by atoms with Gasteiger partial charge in [-0.1, -0.05) is 94.1 Å². The predicted octanol–water partition coefficient (Wildman–Crippen LogP) is 9.85. The van der Waals surface area contributed by atoms with Gasteiger partial charge in [-0.2, -0.15) is 4.98 Å². The van der Waals surface area contributed by atoms with Crippen molar-refractivity contribution in [3.05, 3.63) is 110 Å². The van der Waals surface area contributed by atoms with Gasteiger partial charge in [0, 0.05) is 31.5 Å². The lowest BCUT2D eigenvalue weighted by Crippen LogP contribution is -2.58. The number of benzene rings is 3. The van der Waals surface area contributed by atoms with E-state index in [9.17, 15) is 24.3 Å². The van der Waals surface area contributed by atoms with Gasteiger partial charge >= 0.3 is 0 Å². The normalized spacial score (nSPS) is 24.3. The number of amides is 3. The van der Waals surface area contributed by atoms with Gasteiger partial charge in [-0.05, 0) is 162 Å². The van der Waals surface area contributed by atoms with Crippen LogP contribution in [0.25, 0.3) is 27.0 Å². The van der Waals surface area contributed by atoms with Crippen molar-refractivity contribution in [3.63, 3.8) is 0 Å². The second-order valence-electron chi connectivity index (χ2n) is 24.5. The number of carbonyl (C=O) groups is 3. The van der Waals surface area contributed by atoms with Gasteiger partial charge in [0.15, 0.2) is 0 Å². The van der Waals surface area contributed by atoms with Gasteiger partial charge in [-0.3, -0.25) is 23.7 Å². The Balaban J connectivity index is 0.643. The van der Waals surface area contributed by atoms with Crippen LogP contribution in [-0.2, 0) is 19.8 Å². The zero-order valence-corrected chi connectivity index (χ0v) is 46.7. The number of β-amino-alcohol motifs (C(OH)–C–C–N with tert-alkyl or cyclic N) is 1. The van der Waals surface area contributed by atoms with E-state index in [1.807, 2.05) is 76.5 Å². The number of fused-ring (bicyclic) bond motifs is 7. The molecule has 3 saturated heterocycles. The standard InChI is InChI=1S/C61H77ClN8O5S/c1-37(40-16-18-42(19-17-40)53-38(2)63-36-76-53)64-56(73)51-33-46(71)35-69(51)58(75)54(60(3,4)5)65-55(72)43-14-12-39(13-15-43)34-67-28-24-45(25-29-67)68-30-22-41(23-31-68)44-20-21-49-47(32-44)61(26-7-6-8-27-61)59-66-57(74)52-48(62)10-9-11-50(52)70(49)59/h9-11,16-21,32,36-37,39,41,43,45-46,51,54,71H,6-8,12-15,22-31,33-35H2,1-5H3,(H,64,73)(H,65,72)/t37-,39?,43?,46+,51-,54+/m0/s1. The third-order valence-corrected chi connectivity index (χ3v) is 19.9. The van der Waals surface area contributed by atoms with Crippen molar-refractivity contribution in [3.8, 4) is 16.1 Å². The number of aromatic nitrogens is 3. The number of aliphatic hydroxyl groups is 1. The van der Waals surface area contributed by atoms with Gasteiger partial charge in [0.05, 0.1) is 55.3 Å². The van der Waals surface area contributed by atoms with Crippen LogP contribution in [0.2, 0.25) is 5.02 Å². The quantitative estimate of drug-likeness (QED) is 0.117. The summed E-state index contributed by atoms with van der Waals surface area (Å²) >= 11 is 8.21. The van der Waals surface area contributed by atoms with E-state index in [0.717, 1.165) is 136 Å². The Kier molecular flexibility index (Phi) is 15.1. The van der Waals surface area contributed by atoms with Crippen LogP contribution in [0, 0.1) is 24.2 Å². The van der Waals surface area contributed by atoms with Crippen LogP contribution in [-0.4, -0.2) is 116 Å². The molecule has 3 N–H and O–H groups in total. The van der Waals surface area contributed by atoms with Crippen LogP contribution in [0.3, 0.4) is 0 Å². The minimum Gasteiger partial charge on any atom is -0.391 e. The van der Waals surface area contributed by atoms with E-state index in [4.69, 9.17) is 16.6 Å². The number of nitrogens with one attached hydrogen (secondary N) is 2. The van der Waals surface area contributed by atoms with Gasteiger partial charge in [-0.15, -0.1) is 11.3 Å². The number of likely N-dealkylation sites (tertiary alicyclic amines) is 3. The van der Waals surface area contributed by atoms with Crippen LogP contribution >= 0.6 is 22.9 Å². The van der Waals surface area contributed by atoms with Crippen molar-refractivity contribution >= 4 is 51.6 Å². The Morgan fingerprint density at radius 3 is 2.29 bits per heavy atom. The van der Waals surface area contributed by atoms with Crippen LogP contribution in [0.4, 0.5) is 0 Å². The van der Waals surface area contributed by atoms with Crippen LogP contribution in [0.5, 0.6) is 0 Å². The first kappa shape index (κ1) is 53.0. The minimum absolute atomic E-state index is 0.0456. The molecule has 1 spiro atoms. The zero-order valence-electron chi connectivity index (χ0n) is 45.2. The summed E-state index contributed by atoms with van der Waals surface area (Å²) in [6.45, 7) is 15.3. The topological polar surface area (TPSA) is 153 Å². The average molecular weight is 1070 g/mol. The molecule has 15 heteroatoms. The molecule has 2 saturated carbocycles. The van der Waals surface area contributed by atoms with Gasteiger partial charge < -0.3 is 30.4 Å². The number of aryl methyl sites for hydroxylation is 1. The largest absolute Gasteiger partial charge is 0.391 e. The number of aliphatic hydroxyl groups excluding tert-OH is 1. The molecule has 5 fully saturated rings. The molecule has 2 aromatic heterocycles. The first-order chi connectivity index (χ1) is 36.6. The van der Waals surface area contributed by atoms with Crippen molar-refractivity contribution in [1.82, 2.24) is 39.9 Å². The molecule has 13 nitrogen and oxygen atoms in total. The van der Waals surface area contributed by atoms with E-state index in [0.29, 0.717) is 28.3 Å². The Bertz CT molecular complexity index is 3010. The maximum absolute atomic E-state index is 14.4. The van der Waals surface area contributed by atoms with E-state index in [2.05, 4.69) is 48.2 Å². The van der Waals surface area contributed by atoms with Crippen molar-refractivity contribution in [2.75, 3.05) is 39.3 Å². The Morgan fingerprint density at radius 1 is 0.882 bits per heavy atom. The van der Waals surface area contributed by atoms with E-state index >= 15 is 0 Å². The predicted molar refractivity (Wildman–Crippen MR) is 301 cm³/mol. The summed E-state index contributed by atoms with van der Waals surface area (Å²) in [6, 6.07) is 19.6. The van der Waals surface area contributed by atoms with E-state index in [1.54, 1.807) is 17.4 Å². The average Bonchev–Trinajstić information content (AvgIpc) is 4.18. The zero-order chi connectivity index (χ0) is 53.0. The third kappa shape index (κ3) is 10.3. The third-order valence-electron chi connectivity index (χ3n) is 18.6. The Morgan fingerprint density at radius 2 is 1.61 bits per heavy atom. The van der Waals surface area contributed by atoms with E-state index in [1.165, 1.54) is 35.3 Å². The molecular formula is C61H77ClN8O5S. The summed E-state index contributed by atoms with van der Waals surface area (Å²) in [5, 5.41) is 18.0. The first-order valence-corrected chi connectivity index (χ1v) is 29.7. The molecule has 4 atom stereocenters. The van der Waals surface area contributed by atoms with E-state index in [-0.39, 0.29) is 53.6 Å². The summed E-state index contributed by atoms with van der Waals surface area (Å²) < 4.78 is 2.25. The second kappa shape index (κ2) is 21.7. The molecule has 0 bridgehead atoms. The fourth-order valence-electron chi connectivity index (χ4n) is 14.3. The molecule has 76 heavy (non-hydrogen) atoms. The summed E-state index contributed by atoms with van der Waals surface area (Å²) in [5.74, 6) is 1.07. The molecule has 6 heterocycles. The van der Waals surface area contributed by atoms with Gasteiger partial charge in [-0.25, -0.2) is 4.98 Å². The van der Waals surface area contributed by atoms with E-state index < -0.39 is 23.6 Å². The molecule has 5 aromatic rings. The summed E-state index contributed by atoms with van der Waals surface area (Å²) in [5.41, 5.74) is 8.56. The molecule has 404 valence electrons. The minimum atomic E-state index is -0.842. The summed E-state index contributed by atoms with van der Waals surface area (Å²) in [6.07, 6.45) is 13.1. The number of nitrogens with zero attached hydrogens (tertiary/aromatic N) is 6. The number of rotatable bonds is 11. The maximum atomic E-state index is 14.4. The van der Waals surface area contributed by atoms with Gasteiger partial charge in [0.25, 0.3) is 5.56 Å². The lowest BCUT2D eigenvalue weighted by atomic mass is 9.69. The van der Waals surface area contributed by atoms with Crippen molar-refractivity contribution in [2.24, 2.45) is 17.3 Å². The van der Waals surface area contributed by atoms with Crippen LogP contribution < -0.4 is 16.2 Å². The molecule has 11 rings (SSSR count). The highest BCUT2D eigenvalue weighted by molar-refractivity contribution is 7.13. The highest BCUT2D eigenvalue weighted by atomic mass is 35.5. The fourth-order valence-corrected chi connectivity index (χ4v) is 15.3. The second-order valence-corrected chi connectivity index (χ2v) is 25.8. The lowest BCUT2D eigenvalue weighted by Gasteiger charge is -2.43. The number of thiazole rings is 1. The summed E-state index contributed by atoms with van der Waals surface area (Å²) in [7, 11) is 0. The molecule has 4 aliphatic heterocycles. The summed E-state index contributed by atoms with van der Waals surface area (Å²) in [4.78, 5) is 73.0. The fraction of sp³-hybridized carbons (Fsp3) is 0.574. The highest BCUT2D eigenvalue weighted by Crippen LogP contribution is 2.52. The smallest absolute Gasteiger partial charge is 0.282 e. The van der Waals surface area contributed by atoms with Crippen LogP contribution in [0.15, 0.2) is 71.0 Å². The highest BCUT2D eigenvalue weighted by Gasteiger charge is 2.48. The molecule has 3 amide bonds. The monoisotopic (exact) mass is 1070 g/mol. The number of halogens is 1. The van der Waals surface area contributed by atoms with Gasteiger partial charge in [0.2, 0.25) is 17.7 Å². The van der Waals surface area contributed by atoms with Crippen molar-refractivity contribution < 1.29 is 19.5 Å². The van der Waals surface area contributed by atoms with Gasteiger partial charge in [0.1, 0.15) is 17.9 Å². The molecular weight excluding hydrogens is 992 g/mol. The number of carbonyl (C=O) groups excluding carboxylic acids is 3. The lowest BCUT2D eigenvalue weighted by molar-refractivity contribution is -0.145. The molecule has 0 radical (unpaired) electrons. The SMILES string of the molecule is Cc1ncsc1-c1ccc([C@H](C)NC(=O)[C@@H]2C[C@@H](O)CN2C(=O)[C@@H](NC(=O)C2CCC(CN3CCC(N4CCC(c5ccc6c(c5)C5(CCCCC5)c5nc(=O)c7c(Cl)cccc7n5-6)CC4)CC3)CC2)C(C)(C)C)cc1. The van der Waals surface area contributed by atoms with Crippen LogP contribution in [0.1, 0.15) is 158 Å². The molecule has 2 aliphatic carbocycles. The molecule has 3 aromatic carbocycles. The maximum Gasteiger partial charge on any atom is 0.282 e. The first-order valence-electron chi connectivity index (χ1n) is 28.5. The molecule has 0 unspecified atom stereocenters.